The number of aliphatic hydroxyl groups is 3. The number of rotatable bonds is 1. The molecule has 0 spiro atoms. The highest BCUT2D eigenvalue weighted by Gasteiger charge is 2.68. The molecule has 4 aliphatic carbocycles. The van der Waals surface area contributed by atoms with Crippen molar-refractivity contribution in [3.63, 3.8) is 0 Å². The van der Waals surface area contributed by atoms with E-state index in [1.165, 1.54) is 6.92 Å². The molecule has 0 saturated heterocycles. The molecule has 26 heavy (non-hydrogen) atoms. The van der Waals surface area contributed by atoms with E-state index < -0.39 is 23.2 Å². The van der Waals surface area contributed by atoms with Crippen molar-refractivity contribution in [3.05, 3.63) is 11.6 Å². The minimum absolute atomic E-state index is 0.0810. The van der Waals surface area contributed by atoms with Gasteiger partial charge < -0.3 is 15.3 Å². The number of ketones is 2. The van der Waals surface area contributed by atoms with Crippen molar-refractivity contribution in [1.82, 2.24) is 0 Å². The first kappa shape index (κ1) is 18.3. The van der Waals surface area contributed by atoms with E-state index in [1.54, 1.807) is 6.08 Å². The lowest BCUT2D eigenvalue weighted by Gasteiger charge is -2.59. The Bertz CT molecular complexity index is 699. The summed E-state index contributed by atoms with van der Waals surface area (Å²) in [6, 6.07) is 0. The van der Waals surface area contributed by atoms with Gasteiger partial charge in [-0.25, -0.2) is 0 Å². The Morgan fingerprint density at radius 3 is 2.38 bits per heavy atom. The average Bonchev–Trinajstić information content (AvgIpc) is 2.87. The quantitative estimate of drug-likeness (QED) is 0.618. The maximum absolute atomic E-state index is 13.2. The molecule has 144 valence electrons. The van der Waals surface area contributed by atoms with E-state index in [9.17, 15) is 24.9 Å². The molecule has 0 aromatic carbocycles. The third-order valence-electron chi connectivity index (χ3n) is 8.71. The van der Waals surface area contributed by atoms with Crippen molar-refractivity contribution in [1.29, 1.82) is 0 Å². The van der Waals surface area contributed by atoms with Gasteiger partial charge in [0.15, 0.2) is 11.6 Å². The van der Waals surface area contributed by atoms with E-state index in [0.29, 0.717) is 31.3 Å². The van der Waals surface area contributed by atoms with E-state index in [-0.39, 0.29) is 34.7 Å². The molecular formula is C21H30O5. The lowest BCUT2D eigenvalue weighted by atomic mass is 9.45. The van der Waals surface area contributed by atoms with Gasteiger partial charge in [-0.15, -0.1) is 0 Å². The molecule has 0 heterocycles. The molecule has 5 nitrogen and oxygen atoms in total. The SMILES string of the molecule is CC(=O)[C@@]1(O)CC[C@H]2[C@@H]3C(=O)C(O)C4=CC(O)CC[C@]4(C)[C@H]3CC[C@@]21C. The van der Waals surface area contributed by atoms with E-state index in [0.717, 1.165) is 12.8 Å². The van der Waals surface area contributed by atoms with Crippen LogP contribution in [0.2, 0.25) is 0 Å². The van der Waals surface area contributed by atoms with Crippen LogP contribution in [0.25, 0.3) is 0 Å². The van der Waals surface area contributed by atoms with Gasteiger partial charge in [0.25, 0.3) is 0 Å². The lowest BCUT2D eigenvalue weighted by Crippen LogP contribution is -2.61. The van der Waals surface area contributed by atoms with Gasteiger partial charge in [0, 0.05) is 11.3 Å². The van der Waals surface area contributed by atoms with Crippen molar-refractivity contribution in [2.24, 2.45) is 28.6 Å². The van der Waals surface area contributed by atoms with Gasteiger partial charge in [-0.2, -0.15) is 0 Å². The molecule has 0 radical (unpaired) electrons. The molecule has 3 saturated carbocycles. The molecule has 4 aliphatic rings. The Morgan fingerprint density at radius 2 is 1.73 bits per heavy atom. The van der Waals surface area contributed by atoms with Crippen LogP contribution in [0.5, 0.6) is 0 Å². The van der Waals surface area contributed by atoms with Gasteiger partial charge in [0.05, 0.1) is 6.10 Å². The fourth-order valence-corrected chi connectivity index (χ4v) is 7.06. The molecule has 0 bridgehead atoms. The first-order chi connectivity index (χ1) is 12.1. The van der Waals surface area contributed by atoms with Crippen LogP contribution >= 0.6 is 0 Å². The topological polar surface area (TPSA) is 94.8 Å². The molecular weight excluding hydrogens is 332 g/mol. The van der Waals surface area contributed by atoms with Gasteiger partial charge in [-0.05, 0) is 68.3 Å². The molecule has 8 atom stereocenters. The molecule has 0 amide bonds. The fraction of sp³-hybridized carbons (Fsp3) is 0.810. The van der Waals surface area contributed by atoms with E-state index in [4.69, 9.17) is 0 Å². The summed E-state index contributed by atoms with van der Waals surface area (Å²) in [5.74, 6) is -0.699. The maximum Gasteiger partial charge on any atom is 0.169 e. The highest BCUT2D eigenvalue weighted by Crippen LogP contribution is 2.66. The third-order valence-corrected chi connectivity index (χ3v) is 8.71. The summed E-state index contributed by atoms with van der Waals surface area (Å²) in [4.78, 5) is 25.4. The molecule has 3 fully saturated rings. The second-order valence-corrected chi connectivity index (χ2v) is 9.60. The number of aliphatic hydroxyl groups excluding tert-OH is 2. The molecule has 0 aliphatic heterocycles. The second-order valence-electron chi connectivity index (χ2n) is 9.60. The van der Waals surface area contributed by atoms with Gasteiger partial charge in [0.2, 0.25) is 0 Å². The van der Waals surface area contributed by atoms with Crippen LogP contribution in [-0.4, -0.2) is 44.7 Å². The summed E-state index contributed by atoms with van der Waals surface area (Å²) < 4.78 is 0. The molecule has 0 aromatic heterocycles. The predicted octanol–water partition coefficient (Wildman–Crippen LogP) is 1.78. The Labute approximate surface area is 154 Å². The Hall–Kier alpha value is -1.04. The van der Waals surface area contributed by atoms with Crippen molar-refractivity contribution < 1.29 is 24.9 Å². The zero-order valence-corrected chi connectivity index (χ0v) is 15.9. The zero-order chi connectivity index (χ0) is 19.1. The standard InChI is InChI=1S/C21H30O5/c1-11(22)21(26)9-6-14-16-13(5-8-20(14,21)3)19(2)7-4-12(23)10-15(19)17(24)18(16)25/h10,12-14,16-17,23-24,26H,4-9H2,1-3H3/t12?,13-,14-,16+,17?,19+,20-,21-/m0/s1. The van der Waals surface area contributed by atoms with Gasteiger partial charge in [-0.3, -0.25) is 9.59 Å². The van der Waals surface area contributed by atoms with E-state index >= 15 is 0 Å². The summed E-state index contributed by atoms with van der Waals surface area (Å²) in [5, 5.41) is 31.9. The molecule has 0 aromatic rings. The number of carbonyl (C=O) groups excluding carboxylic acids is 2. The number of Topliss-reactive ketones (excluding diaryl/α,β-unsaturated/α-hetero) is 2. The van der Waals surface area contributed by atoms with Gasteiger partial charge in [-0.1, -0.05) is 19.9 Å². The van der Waals surface area contributed by atoms with Crippen LogP contribution in [0, 0.1) is 28.6 Å². The molecule has 2 unspecified atom stereocenters. The van der Waals surface area contributed by atoms with Crippen molar-refractivity contribution >= 4 is 11.6 Å². The third kappa shape index (κ3) is 2.02. The number of hydrogen-bond donors (Lipinski definition) is 3. The van der Waals surface area contributed by atoms with Crippen LogP contribution in [0.4, 0.5) is 0 Å². The van der Waals surface area contributed by atoms with Gasteiger partial charge in [0.1, 0.15) is 11.7 Å². The van der Waals surface area contributed by atoms with E-state index in [1.807, 2.05) is 6.92 Å². The van der Waals surface area contributed by atoms with Gasteiger partial charge >= 0.3 is 0 Å². The first-order valence-electron chi connectivity index (χ1n) is 9.92. The summed E-state index contributed by atoms with van der Waals surface area (Å²) >= 11 is 0. The zero-order valence-electron chi connectivity index (χ0n) is 15.9. The second kappa shape index (κ2) is 5.49. The minimum atomic E-state index is -1.37. The van der Waals surface area contributed by atoms with Crippen molar-refractivity contribution in [3.8, 4) is 0 Å². The largest absolute Gasteiger partial charge is 0.389 e. The Balaban J connectivity index is 1.79. The molecule has 4 rings (SSSR count). The van der Waals surface area contributed by atoms with Crippen molar-refractivity contribution in [2.45, 2.75) is 77.1 Å². The fourth-order valence-electron chi connectivity index (χ4n) is 7.06. The average molecular weight is 362 g/mol. The highest BCUT2D eigenvalue weighted by atomic mass is 16.3. The van der Waals surface area contributed by atoms with Crippen LogP contribution in [0.15, 0.2) is 11.6 Å². The highest BCUT2D eigenvalue weighted by molar-refractivity contribution is 5.92. The van der Waals surface area contributed by atoms with Crippen molar-refractivity contribution in [2.75, 3.05) is 0 Å². The normalized spacial score (nSPS) is 53.4. The number of fused-ring (bicyclic) bond motifs is 5. The summed E-state index contributed by atoms with van der Waals surface area (Å²) in [6.45, 7) is 5.52. The van der Waals surface area contributed by atoms with E-state index in [2.05, 4.69) is 6.92 Å². The maximum atomic E-state index is 13.2. The van der Waals surface area contributed by atoms with Crippen LogP contribution in [-0.2, 0) is 9.59 Å². The first-order valence-corrected chi connectivity index (χ1v) is 9.92. The number of hydrogen-bond acceptors (Lipinski definition) is 5. The lowest BCUT2D eigenvalue weighted by molar-refractivity contribution is -0.169. The predicted molar refractivity (Wildman–Crippen MR) is 95.1 cm³/mol. The number of carbonyl (C=O) groups is 2. The minimum Gasteiger partial charge on any atom is -0.389 e. The van der Waals surface area contributed by atoms with Crippen LogP contribution < -0.4 is 0 Å². The Kier molecular flexibility index (Phi) is 3.87. The molecule has 5 heteroatoms. The van der Waals surface area contributed by atoms with Crippen LogP contribution in [0.1, 0.15) is 59.3 Å². The summed E-state index contributed by atoms with van der Waals surface area (Å²) in [6.07, 6.45) is 3.83. The van der Waals surface area contributed by atoms with Crippen LogP contribution in [0.3, 0.4) is 0 Å². The smallest absolute Gasteiger partial charge is 0.169 e. The summed E-state index contributed by atoms with van der Waals surface area (Å²) in [5.41, 5.74) is -1.59. The summed E-state index contributed by atoms with van der Waals surface area (Å²) in [7, 11) is 0. The molecule has 3 N–H and O–H groups in total. The Morgan fingerprint density at radius 1 is 1.08 bits per heavy atom. The monoisotopic (exact) mass is 362 g/mol.